The Morgan fingerprint density at radius 2 is 2.60 bits per heavy atom. The highest BCUT2D eigenvalue weighted by Gasteiger charge is 2.24. The van der Waals surface area contributed by atoms with E-state index in [4.69, 9.17) is 11.8 Å². The van der Waals surface area contributed by atoms with Crippen molar-refractivity contribution in [2.24, 2.45) is 0 Å². The molecule has 1 rings (SSSR count). The molecule has 1 aliphatic heterocycles. The third-order valence-corrected chi connectivity index (χ3v) is 3.42. The fourth-order valence-electron chi connectivity index (χ4n) is 1.65. The Bertz CT molecular complexity index is 280. The van der Waals surface area contributed by atoms with Crippen molar-refractivity contribution >= 4 is 18.0 Å². The van der Waals surface area contributed by atoms with Gasteiger partial charge in [-0.15, -0.1) is 6.42 Å². The van der Waals surface area contributed by atoms with Crippen LogP contribution in [0.5, 0.6) is 0 Å². The molecule has 0 aliphatic carbocycles. The van der Waals surface area contributed by atoms with Crippen molar-refractivity contribution in [3.05, 3.63) is 11.8 Å². The maximum Gasteiger partial charge on any atom is 0.0604 e. The van der Waals surface area contributed by atoms with E-state index in [9.17, 15) is 0 Å². The molecule has 0 radical (unpaired) electrons. The maximum atomic E-state index is 7.40. The van der Waals surface area contributed by atoms with Crippen LogP contribution < -0.4 is 5.32 Å². The van der Waals surface area contributed by atoms with E-state index in [2.05, 4.69) is 16.1 Å². The van der Waals surface area contributed by atoms with Crippen LogP contribution in [-0.4, -0.2) is 48.8 Å². The van der Waals surface area contributed by atoms with Crippen molar-refractivity contribution in [3.63, 3.8) is 0 Å². The van der Waals surface area contributed by atoms with E-state index in [0.29, 0.717) is 6.54 Å². The van der Waals surface area contributed by atoms with E-state index >= 15 is 0 Å². The molecule has 1 saturated heterocycles. The van der Waals surface area contributed by atoms with Gasteiger partial charge in [0.05, 0.1) is 6.54 Å². The zero-order valence-electron chi connectivity index (χ0n) is 8.99. The summed E-state index contributed by atoms with van der Waals surface area (Å²) in [6.07, 6.45) is 8.64. The Balaban J connectivity index is 2.74. The monoisotopic (exact) mass is 223 g/mol. The van der Waals surface area contributed by atoms with Gasteiger partial charge in [0.15, 0.2) is 0 Å². The van der Waals surface area contributed by atoms with Crippen molar-refractivity contribution in [2.45, 2.75) is 6.04 Å². The fraction of sp³-hybridized carbons (Fsp3) is 0.545. The molecule has 0 bridgehead atoms. The summed E-state index contributed by atoms with van der Waals surface area (Å²) in [6, 6.07) is 0.282. The molecule has 0 aromatic carbocycles. The second kappa shape index (κ2) is 6.54. The summed E-state index contributed by atoms with van der Waals surface area (Å²) < 4.78 is 0. The van der Waals surface area contributed by atoms with Crippen LogP contribution in [0.15, 0.2) is 11.8 Å². The molecule has 1 heterocycles. The van der Waals surface area contributed by atoms with E-state index in [1.165, 1.54) is 6.21 Å². The molecular weight excluding hydrogens is 206 g/mol. The minimum Gasteiger partial charge on any atom is -0.394 e. The van der Waals surface area contributed by atoms with Crippen LogP contribution in [0, 0.1) is 17.8 Å². The minimum atomic E-state index is 0.282. The van der Waals surface area contributed by atoms with Crippen molar-refractivity contribution in [1.82, 2.24) is 10.2 Å². The molecule has 0 aromatic rings. The lowest BCUT2D eigenvalue weighted by atomic mass is 10.1. The van der Waals surface area contributed by atoms with Crippen molar-refractivity contribution in [1.29, 1.82) is 5.41 Å². The van der Waals surface area contributed by atoms with Gasteiger partial charge in [-0.3, -0.25) is 4.90 Å². The average Bonchev–Trinajstić information content (AvgIpc) is 2.27. The first kappa shape index (κ1) is 12.2. The summed E-state index contributed by atoms with van der Waals surface area (Å²) in [7, 11) is 1.85. The van der Waals surface area contributed by atoms with Gasteiger partial charge in [0.1, 0.15) is 0 Å². The average molecular weight is 223 g/mol. The predicted molar refractivity (Wildman–Crippen MR) is 67.4 cm³/mol. The van der Waals surface area contributed by atoms with Crippen LogP contribution >= 0.6 is 11.8 Å². The Hall–Kier alpha value is -0.920. The van der Waals surface area contributed by atoms with E-state index in [1.54, 1.807) is 0 Å². The zero-order chi connectivity index (χ0) is 11.1. The lowest BCUT2D eigenvalue weighted by molar-refractivity contribution is 0.280. The first-order valence-corrected chi connectivity index (χ1v) is 6.12. The summed E-state index contributed by atoms with van der Waals surface area (Å²) in [5.41, 5.74) is 1.000. The predicted octanol–water partition coefficient (Wildman–Crippen LogP) is 0.790. The Kier molecular flexibility index (Phi) is 5.30. The molecule has 2 N–H and O–H groups in total. The molecule has 82 valence electrons. The molecule has 1 fully saturated rings. The molecule has 0 saturated carbocycles. The number of terminal acetylenes is 1. The van der Waals surface area contributed by atoms with Crippen LogP contribution in [0.1, 0.15) is 0 Å². The van der Waals surface area contributed by atoms with E-state index in [1.807, 2.05) is 25.0 Å². The lowest BCUT2D eigenvalue weighted by Gasteiger charge is -2.34. The first-order chi connectivity index (χ1) is 7.33. The number of nitrogens with one attached hydrogen (secondary N) is 2. The fourth-order valence-corrected chi connectivity index (χ4v) is 2.81. The largest absolute Gasteiger partial charge is 0.394 e. The van der Waals surface area contributed by atoms with Crippen molar-refractivity contribution in [2.75, 3.05) is 31.6 Å². The van der Waals surface area contributed by atoms with Gasteiger partial charge < -0.3 is 10.7 Å². The Morgan fingerprint density at radius 3 is 3.20 bits per heavy atom. The number of thioether (sulfide) groups is 1. The van der Waals surface area contributed by atoms with Crippen LogP contribution in [0.3, 0.4) is 0 Å². The molecule has 3 nitrogen and oxygen atoms in total. The minimum absolute atomic E-state index is 0.282. The van der Waals surface area contributed by atoms with Crippen LogP contribution in [-0.2, 0) is 0 Å². The van der Waals surface area contributed by atoms with E-state index in [0.717, 1.165) is 23.6 Å². The van der Waals surface area contributed by atoms with Gasteiger partial charge in [0.2, 0.25) is 0 Å². The van der Waals surface area contributed by atoms with Crippen LogP contribution in [0.2, 0.25) is 0 Å². The molecule has 1 atom stereocenters. The summed E-state index contributed by atoms with van der Waals surface area (Å²) in [4.78, 5) is 2.25. The van der Waals surface area contributed by atoms with Gasteiger partial charge in [-0.1, -0.05) is 5.92 Å². The van der Waals surface area contributed by atoms with Gasteiger partial charge in [0.25, 0.3) is 0 Å². The standard InChI is InChI=1S/C11H17N3S/c1-3-4-14-5-6-15-9-11(14)10(7-12)8-13-2/h1,7-8,11-13H,4-6,9H2,2H3/b10-8+,12-7?. The molecule has 4 heteroatoms. The number of hydrogen-bond acceptors (Lipinski definition) is 4. The molecule has 0 aromatic heterocycles. The SMILES string of the molecule is C#CCN1CCSCC1/C(C=N)=C/NC. The normalized spacial score (nSPS) is 23.2. The first-order valence-electron chi connectivity index (χ1n) is 4.96. The smallest absolute Gasteiger partial charge is 0.0604 e. The van der Waals surface area contributed by atoms with Gasteiger partial charge in [-0.25, -0.2) is 0 Å². The second-order valence-electron chi connectivity index (χ2n) is 3.34. The molecule has 15 heavy (non-hydrogen) atoms. The lowest BCUT2D eigenvalue weighted by Crippen LogP contribution is -2.44. The highest BCUT2D eigenvalue weighted by atomic mass is 32.2. The molecular formula is C11H17N3S. The van der Waals surface area contributed by atoms with Gasteiger partial charge >= 0.3 is 0 Å². The highest BCUT2D eigenvalue weighted by Crippen LogP contribution is 2.20. The summed E-state index contributed by atoms with van der Waals surface area (Å²) in [6.45, 7) is 1.68. The van der Waals surface area contributed by atoms with Crippen LogP contribution in [0.25, 0.3) is 0 Å². The van der Waals surface area contributed by atoms with E-state index in [-0.39, 0.29) is 6.04 Å². The van der Waals surface area contributed by atoms with Crippen LogP contribution in [0.4, 0.5) is 0 Å². The molecule has 0 amide bonds. The highest BCUT2D eigenvalue weighted by molar-refractivity contribution is 7.99. The van der Waals surface area contributed by atoms with Gasteiger partial charge in [-0.2, -0.15) is 11.8 Å². The number of rotatable bonds is 4. The molecule has 0 spiro atoms. The third-order valence-electron chi connectivity index (χ3n) is 2.40. The van der Waals surface area contributed by atoms with Crippen molar-refractivity contribution < 1.29 is 0 Å². The summed E-state index contributed by atoms with van der Waals surface area (Å²) in [5, 5.41) is 10.4. The summed E-state index contributed by atoms with van der Waals surface area (Å²) in [5.74, 6) is 4.83. The van der Waals surface area contributed by atoms with Gasteiger partial charge in [-0.05, 0) is 0 Å². The number of nitrogens with zero attached hydrogens (tertiary/aromatic N) is 1. The summed E-state index contributed by atoms with van der Waals surface area (Å²) >= 11 is 1.92. The Labute approximate surface area is 95.8 Å². The topological polar surface area (TPSA) is 39.1 Å². The maximum absolute atomic E-state index is 7.40. The Morgan fingerprint density at radius 1 is 1.80 bits per heavy atom. The second-order valence-corrected chi connectivity index (χ2v) is 4.49. The van der Waals surface area contributed by atoms with Gasteiger partial charge in [0, 0.05) is 49.1 Å². The van der Waals surface area contributed by atoms with E-state index < -0.39 is 0 Å². The third kappa shape index (κ3) is 3.29. The molecule has 1 aliphatic rings. The quantitative estimate of drug-likeness (QED) is 0.547. The molecule has 1 unspecified atom stereocenters. The van der Waals surface area contributed by atoms with Crippen molar-refractivity contribution in [3.8, 4) is 12.3 Å². The number of hydrogen-bond donors (Lipinski definition) is 2. The zero-order valence-corrected chi connectivity index (χ0v) is 9.81.